The van der Waals surface area contributed by atoms with Gasteiger partial charge >= 0.3 is 0 Å². The van der Waals surface area contributed by atoms with E-state index in [1.807, 2.05) is 7.05 Å². The van der Waals surface area contributed by atoms with E-state index >= 15 is 0 Å². The maximum absolute atomic E-state index is 13.8. The minimum absolute atomic E-state index is 0.136. The highest BCUT2D eigenvalue weighted by Gasteiger charge is 2.22. The summed E-state index contributed by atoms with van der Waals surface area (Å²) in [7, 11) is 1.96. The van der Waals surface area contributed by atoms with Crippen LogP contribution in [0.2, 0.25) is 5.02 Å². The summed E-state index contributed by atoms with van der Waals surface area (Å²) in [5.41, 5.74) is 6.34. The van der Waals surface area contributed by atoms with Crippen LogP contribution in [-0.2, 0) is 0 Å². The Labute approximate surface area is 108 Å². The van der Waals surface area contributed by atoms with Gasteiger partial charge in [-0.05, 0) is 38.6 Å². The van der Waals surface area contributed by atoms with Gasteiger partial charge in [-0.1, -0.05) is 18.5 Å². The third-order valence-electron chi connectivity index (χ3n) is 3.32. The second kappa shape index (κ2) is 6.34. The van der Waals surface area contributed by atoms with Crippen LogP contribution >= 0.6 is 11.6 Å². The topological polar surface area (TPSA) is 29.3 Å². The lowest BCUT2D eigenvalue weighted by Gasteiger charge is -2.32. The molecule has 0 fully saturated rings. The molecule has 0 spiro atoms. The minimum atomic E-state index is -0.250. The molecule has 0 aromatic heterocycles. The molecule has 2 unspecified atom stereocenters. The van der Waals surface area contributed by atoms with Crippen molar-refractivity contribution in [2.45, 2.75) is 32.4 Å². The van der Waals surface area contributed by atoms with E-state index in [4.69, 9.17) is 17.3 Å². The van der Waals surface area contributed by atoms with Crippen molar-refractivity contribution in [3.63, 3.8) is 0 Å². The zero-order valence-electron chi connectivity index (χ0n) is 10.6. The van der Waals surface area contributed by atoms with Crippen LogP contribution in [0.1, 0.15) is 31.9 Å². The molecule has 0 bridgehead atoms. The maximum atomic E-state index is 13.8. The molecular formula is C13H20ClFN2. The lowest BCUT2D eigenvalue weighted by Crippen LogP contribution is -2.37. The predicted molar refractivity (Wildman–Crippen MR) is 70.7 cm³/mol. The van der Waals surface area contributed by atoms with E-state index in [0.29, 0.717) is 23.2 Å². The molecule has 0 heterocycles. The van der Waals surface area contributed by atoms with Crippen molar-refractivity contribution in [1.29, 1.82) is 0 Å². The number of hydrogen-bond acceptors (Lipinski definition) is 2. The summed E-state index contributed by atoms with van der Waals surface area (Å²) in [5.74, 6) is -0.250. The molecule has 0 aliphatic rings. The van der Waals surface area contributed by atoms with Crippen molar-refractivity contribution in [3.8, 4) is 0 Å². The Balaban J connectivity index is 3.04. The molecule has 0 amide bonds. The fourth-order valence-electron chi connectivity index (χ4n) is 1.88. The van der Waals surface area contributed by atoms with Gasteiger partial charge in [0.15, 0.2) is 0 Å². The Kier molecular flexibility index (Phi) is 5.37. The monoisotopic (exact) mass is 258 g/mol. The lowest BCUT2D eigenvalue weighted by molar-refractivity contribution is 0.181. The zero-order valence-corrected chi connectivity index (χ0v) is 11.3. The summed E-state index contributed by atoms with van der Waals surface area (Å²) < 4.78 is 13.8. The smallest absolute Gasteiger partial charge is 0.128 e. The third kappa shape index (κ3) is 3.41. The lowest BCUT2D eigenvalue weighted by atomic mass is 10.0. The molecule has 0 saturated carbocycles. The quantitative estimate of drug-likeness (QED) is 0.879. The Hall–Kier alpha value is -0.640. The fourth-order valence-corrected chi connectivity index (χ4v) is 2.06. The van der Waals surface area contributed by atoms with E-state index in [2.05, 4.69) is 18.7 Å². The molecule has 96 valence electrons. The van der Waals surface area contributed by atoms with E-state index in [-0.39, 0.29) is 11.9 Å². The highest BCUT2D eigenvalue weighted by atomic mass is 35.5. The standard InChI is InChI=1S/C13H20ClFN2/c1-4-9(2)17(3)13(8-16)11-7-10(14)5-6-12(11)15/h5-7,9,13H,4,8,16H2,1-3H3. The molecule has 4 heteroatoms. The van der Waals surface area contributed by atoms with Crippen molar-refractivity contribution in [2.75, 3.05) is 13.6 Å². The average Bonchev–Trinajstić information content (AvgIpc) is 2.33. The first-order valence-electron chi connectivity index (χ1n) is 5.88. The summed E-state index contributed by atoms with van der Waals surface area (Å²) in [5, 5.41) is 0.539. The van der Waals surface area contributed by atoms with Gasteiger partial charge in [-0.15, -0.1) is 0 Å². The first kappa shape index (κ1) is 14.4. The van der Waals surface area contributed by atoms with Gasteiger partial charge < -0.3 is 5.73 Å². The fraction of sp³-hybridized carbons (Fsp3) is 0.538. The average molecular weight is 259 g/mol. The summed E-state index contributed by atoms with van der Waals surface area (Å²) in [4.78, 5) is 2.09. The largest absolute Gasteiger partial charge is 0.329 e. The summed E-state index contributed by atoms with van der Waals surface area (Å²) in [6.07, 6.45) is 0.995. The SMILES string of the molecule is CCC(C)N(C)C(CN)c1cc(Cl)ccc1F. The summed E-state index contributed by atoms with van der Waals surface area (Å²) >= 11 is 5.91. The van der Waals surface area contributed by atoms with Crippen LogP contribution in [0.5, 0.6) is 0 Å². The van der Waals surface area contributed by atoms with E-state index in [0.717, 1.165) is 6.42 Å². The molecule has 0 aliphatic carbocycles. The molecule has 1 aromatic carbocycles. The maximum Gasteiger partial charge on any atom is 0.128 e. The highest BCUT2D eigenvalue weighted by Crippen LogP contribution is 2.26. The van der Waals surface area contributed by atoms with Crippen molar-refractivity contribution < 1.29 is 4.39 Å². The molecule has 1 aromatic rings. The number of likely N-dealkylation sites (N-methyl/N-ethyl adjacent to an activating group) is 1. The van der Waals surface area contributed by atoms with Crippen LogP contribution in [-0.4, -0.2) is 24.5 Å². The third-order valence-corrected chi connectivity index (χ3v) is 3.55. The molecule has 1 rings (SSSR count). The Bertz CT molecular complexity index is 370. The van der Waals surface area contributed by atoms with Gasteiger partial charge in [-0.2, -0.15) is 0 Å². The predicted octanol–water partition coefficient (Wildman–Crippen LogP) is 3.21. The van der Waals surface area contributed by atoms with Crippen LogP contribution in [0.4, 0.5) is 4.39 Å². The molecule has 17 heavy (non-hydrogen) atoms. The van der Waals surface area contributed by atoms with Crippen molar-refractivity contribution in [1.82, 2.24) is 4.90 Å². The van der Waals surface area contributed by atoms with Gasteiger partial charge in [-0.25, -0.2) is 4.39 Å². The number of benzene rings is 1. The number of hydrogen-bond donors (Lipinski definition) is 1. The molecule has 0 radical (unpaired) electrons. The van der Waals surface area contributed by atoms with Gasteiger partial charge in [0, 0.05) is 29.2 Å². The Morgan fingerprint density at radius 2 is 2.12 bits per heavy atom. The van der Waals surface area contributed by atoms with E-state index in [1.165, 1.54) is 6.07 Å². The molecule has 2 N–H and O–H groups in total. The van der Waals surface area contributed by atoms with Crippen LogP contribution in [0, 0.1) is 5.82 Å². The van der Waals surface area contributed by atoms with Crippen molar-refractivity contribution in [2.24, 2.45) is 5.73 Å². The normalized spacial score (nSPS) is 15.0. The molecule has 2 nitrogen and oxygen atoms in total. The first-order chi connectivity index (χ1) is 8.01. The number of halogens is 2. The number of nitrogens with zero attached hydrogens (tertiary/aromatic N) is 1. The number of rotatable bonds is 5. The molecular weight excluding hydrogens is 239 g/mol. The first-order valence-corrected chi connectivity index (χ1v) is 6.26. The number of nitrogens with two attached hydrogens (primary N) is 1. The van der Waals surface area contributed by atoms with Gasteiger partial charge in [0.1, 0.15) is 5.82 Å². The van der Waals surface area contributed by atoms with Gasteiger partial charge in [0.05, 0.1) is 0 Å². The van der Waals surface area contributed by atoms with E-state index in [9.17, 15) is 4.39 Å². The molecule has 0 aliphatic heterocycles. The molecule has 0 saturated heterocycles. The van der Waals surface area contributed by atoms with E-state index < -0.39 is 0 Å². The van der Waals surface area contributed by atoms with Crippen LogP contribution in [0.25, 0.3) is 0 Å². The van der Waals surface area contributed by atoms with E-state index in [1.54, 1.807) is 12.1 Å². The minimum Gasteiger partial charge on any atom is -0.329 e. The van der Waals surface area contributed by atoms with Gasteiger partial charge in [0.25, 0.3) is 0 Å². The van der Waals surface area contributed by atoms with Crippen LogP contribution in [0.15, 0.2) is 18.2 Å². The van der Waals surface area contributed by atoms with Crippen LogP contribution in [0.3, 0.4) is 0 Å². The van der Waals surface area contributed by atoms with Crippen molar-refractivity contribution in [3.05, 3.63) is 34.6 Å². The summed E-state index contributed by atoms with van der Waals surface area (Å²) in [6, 6.07) is 4.82. The Morgan fingerprint density at radius 1 is 1.47 bits per heavy atom. The second-order valence-electron chi connectivity index (χ2n) is 4.34. The van der Waals surface area contributed by atoms with Gasteiger partial charge in [-0.3, -0.25) is 4.90 Å². The van der Waals surface area contributed by atoms with Crippen molar-refractivity contribution >= 4 is 11.6 Å². The highest BCUT2D eigenvalue weighted by molar-refractivity contribution is 6.30. The Morgan fingerprint density at radius 3 is 2.65 bits per heavy atom. The van der Waals surface area contributed by atoms with Gasteiger partial charge in [0.2, 0.25) is 0 Å². The molecule has 2 atom stereocenters. The second-order valence-corrected chi connectivity index (χ2v) is 4.78. The zero-order chi connectivity index (χ0) is 13.0. The summed E-state index contributed by atoms with van der Waals surface area (Å²) in [6.45, 7) is 4.58. The van der Waals surface area contributed by atoms with Crippen LogP contribution < -0.4 is 5.73 Å².